The van der Waals surface area contributed by atoms with Crippen LogP contribution in [0.3, 0.4) is 0 Å². The van der Waals surface area contributed by atoms with Crippen LogP contribution in [0.4, 0.5) is 0 Å². The van der Waals surface area contributed by atoms with Crippen LogP contribution in [-0.4, -0.2) is 50.6 Å². The Labute approximate surface area is 202 Å². The van der Waals surface area contributed by atoms with Gasteiger partial charge in [-0.1, -0.05) is 18.2 Å². The van der Waals surface area contributed by atoms with Gasteiger partial charge < -0.3 is 14.2 Å². The second-order valence-electron chi connectivity index (χ2n) is 9.23. The van der Waals surface area contributed by atoms with Crippen LogP contribution in [0.2, 0.25) is 0 Å². The lowest BCUT2D eigenvalue weighted by molar-refractivity contribution is -0.135. The number of fused-ring (bicyclic) bond motifs is 2. The molecule has 34 heavy (non-hydrogen) atoms. The standard InChI is InChI=1S/C26H27N5O2S/c1-15-26(32)30(3)14-22-24(29-25(31(15)22)17-7-9-33-10-8-17)19-6-4-5-18-11-21(28-12-20(18)19)23-13-27-16(2)34-23/h4-6,11-13,15,17H,7-10,14H2,1-3H3/t15-/m0/s1. The van der Waals surface area contributed by atoms with Crippen LogP contribution in [0.1, 0.15) is 48.3 Å². The Morgan fingerprint density at radius 3 is 2.74 bits per heavy atom. The molecule has 174 valence electrons. The lowest BCUT2D eigenvalue weighted by atomic mass is 9.98. The van der Waals surface area contributed by atoms with Crippen molar-refractivity contribution in [2.75, 3.05) is 20.3 Å². The van der Waals surface area contributed by atoms with Crippen LogP contribution in [0, 0.1) is 6.92 Å². The van der Waals surface area contributed by atoms with Gasteiger partial charge in [0.25, 0.3) is 0 Å². The van der Waals surface area contributed by atoms with Crippen LogP contribution in [0.5, 0.6) is 0 Å². The highest BCUT2D eigenvalue weighted by atomic mass is 32.1. The maximum Gasteiger partial charge on any atom is 0.245 e. The van der Waals surface area contributed by atoms with Crippen molar-refractivity contribution < 1.29 is 9.53 Å². The molecule has 0 saturated carbocycles. The highest BCUT2D eigenvalue weighted by molar-refractivity contribution is 7.15. The SMILES string of the molecule is Cc1ncc(-c2cc3cccc(-c4nc(C5CCOCC5)n5c4CN(C)C(=O)[C@@H]5C)c3cn2)s1. The number of nitrogens with zero attached hydrogens (tertiary/aromatic N) is 5. The minimum Gasteiger partial charge on any atom is -0.381 e. The second-order valence-corrected chi connectivity index (χ2v) is 10.5. The maximum atomic E-state index is 12.9. The van der Waals surface area contributed by atoms with Gasteiger partial charge in [0.05, 0.1) is 33.5 Å². The van der Waals surface area contributed by atoms with Crippen molar-refractivity contribution in [1.82, 2.24) is 24.4 Å². The second kappa shape index (κ2) is 8.29. The molecule has 1 aromatic carbocycles. The van der Waals surface area contributed by atoms with Crippen molar-refractivity contribution >= 4 is 28.0 Å². The van der Waals surface area contributed by atoms with Crippen LogP contribution in [0.15, 0.2) is 36.7 Å². The highest BCUT2D eigenvalue weighted by Gasteiger charge is 2.36. The summed E-state index contributed by atoms with van der Waals surface area (Å²) < 4.78 is 7.81. The molecule has 0 bridgehead atoms. The minimum atomic E-state index is -0.262. The number of hydrogen-bond donors (Lipinski definition) is 0. The molecular formula is C26H27N5O2S. The zero-order chi connectivity index (χ0) is 23.4. The predicted molar refractivity (Wildman–Crippen MR) is 133 cm³/mol. The van der Waals surface area contributed by atoms with Gasteiger partial charge in [-0.05, 0) is 38.1 Å². The summed E-state index contributed by atoms with van der Waals surface area (Å²) in [5.74, 6) is 1.45. The van der Waals surface area contributed by atoms with Gasteiger partial charge >= 0.3 is 0 Å². The third kappa shape index (κ3) is 3.44. The average Bonchev–Trinajstić information content (AvgIpc) is 3.46. The number of imidazole rings is 1. The van der Waals surface area contributed by atoms with Gasteiger partial charge in [-0.3, -0.25) is 9.78 Å². The lowest BCUT2D eigenvalue weighted by Gasteiger charge is -2.32. The number of aromatic nitrogens is 4. The molecule has 0 radical (unpaired) electrons. The Hall–Kier alpha value is -3.10. The van der Waals surface area contributed by atoms with Crippen LogP contribution >= 0.6 is 11.3 Å². The molecule has 3 aromatic heterocycles. The number of likely N-dealkylation sites (N-methyl/N-ethyl adjacent to an activating group) is 1. The third-order valence-electron chi connectivity index (χ3n) is 7.03. The van der Waals surface area contributed by atoms with Crippen molar-refractivity contribution in [3.8, 4) is 21.8 Å². The number of amides is 1. The van der Waals surface area contributed by atoms with Gasteiger partial charge in [-0.2, -0.15) is 0 Å². The van der Waals surface area contributed by atoms with E-state index in [1.54, 1.807) is 11.3 Å². The number of thiazole rings is 1. The zero-order valence-electron chi connectivity index (χ0n) is 19.6. The van der Waals surface area contributed by atoms with E-state index in [9.17, 15) is 4.79 Å². The smallest absolute Gasteiger partial charge is 0.245 e. The third-order valence-corrected chi connectivity index (χ3v) is 7.96. The fourth-order valence-electron chi connectivity index (χ4n) is 5.25. The molecule has 2 aliphatic heterocycles. The first-order chi connectivity index (χ1) is 16.5. The fraction of sp³-hybridized carbons (Fsp3) is 0.385. The summed E-state index contributed by atoms with van der Waals surface area (Å²) in [5.41, 5.74) is 4.06. The summed E-state index contributed by atoms with van der Waals surface area (Å²) in [7, 11) is 1.88. The number of aryl methyl sites for hydroxylation is 1. The molecule has 8 heteroatoms. The lowest BCUT2D eigenvalue weighted by Crippen LogP contribution is -2.40. The Kier molecular flexibility index (Phi) is 5.22. The molecule has 2 aliphatic rings. The van der Waals surface area contributed by atoms with Gasteiger partial charge in [-0.15, -0.1) is 11.3 Å². The molecule has 6 rings (SSSR count). The van der Waals surface area contributed by atoms with E-state index in [0.29, 0.717) is 12.5 Å². The number of pyridine rings is 1. The monoisotopic (exact) mass is 473 g/mol. The number of ether oxygens (including phenoxy) is 1. The summed E-state index contributed by atoms with van der Waals surface area (Å²) in [4.78, 5) is 30.2. The summed E-state index contributed by atoms with van der Waals surface area (Å²) >= 11 is 1.65. The van der Waals surface area contributed by atoms with E-state index < -0.39 is 0 Å². The van der Waals surface area contributed by atoms with Gasteiger partial charge in [0.2, 0.25) is 5.91 Å². The van der Waals surface area contributed by atoms with E-state index in [-0.39, 0.29) is 11.9 Å². The Morgan fingerprint density at radius 2 is 1.97 bits per heavy atom. The van der Waals surface area contributed by atoms with Gasteiger partial charge in [0.1, 0.15) is 11.9 Å². The zero-order valence-corrected chi connectivity index (χ0v) is 20.4. The quantitative estimate of drug-likeness (QED) is 0.421. The van der Waals surface area contributed by atoms with Crippen molar-refractivity contribution in [2.24, 2.45) is 0 Å². The average molecular weight is 474 g/mol. The van der Waals surface area contributed by atoms with Gasteiger partial charge in [0, 0.05) is 49.5 Å². The molecule has 5 heterocycles. The molecule has 0 N–H and O–H groups in total. The molecule has 0 spiro atoms. The van der Waals surface area contributed by atoms with E-state index in [1.807, 2.05) is 38.2 Å². The largest absolute Gasteiger partial charge is 0.381 e. The Morgan fingerprint density at radius 1 is 1.15 bits per heavy atom. The maximum absolute atomic E-state index is 12.9. The van der Waals surface area contributed by atoms with Crippen LogP contribution in [-0.2, 0) is 16.1 Å². The first kappa shape index (κ1) is 21.4. The van der Waals surface area contributed by atoms with E-state index in [0.717, 1.165) is 75.2 Å². The molecule has 1 fully saturated rings. The molecule has 0 aliphatic carbocycles. The molecule has 1 amide bonds. The summed E-state index contributed by atoms with van der Waals surface area (Å²) in [6.45, 7) is 6.03. The van der Waals surface area contributed by atoms with Crippen LogP contribution in [0.25, 0.3) is 32.6 Å². The Balaban J connectivity index is 1.52. The van der Waals surface area contributed by atoms with Crippen molar-refractivity contribution in [1.29, 1.82) is 0 Å². The number of carbonyl (C=O) groups is 1. The normalized spacial score (nSPS) is 19.1. The molecule has 0 unspecified atom stereocenters. The number of carbonyl (C=O) groups excluding carboxylic acids is 1. The Bertz CT molecular complexity index is 1400. The highest BCUT2D eigenvalue weighted by Crippen LogP contribution is 2.39. The summed E-state index contributed by atoms with van der Waals surface area (Å²) in [6.07, 6.45) is 5.71. The van der Waals surface area contributed by atoms with Crippen molar-refractivity contribution in [3.05, 3.63) is 53.2 Å². The predicted octanol–water partition coefficient (Wildman–Crippen LogP) is 4.96. The van der Waals surface area contributed by atoms with E-state index in [2.05, 4.69) is 33.8 Å². The molecule has 1 saturated heterocycles. The first-order valence-electron chi connectivity index (χ1n) is 11.8. The summed E-state index contributed by atoms with van der Waals surface area (Å²) in [5, 5.41) is 3.22. The van der Waals surface area contributed by atoms with E-state index >= 15 is 0 Å². The number of benzene rings is 1. The summed E-state index contributed by atoms with van der Waals surface area (Å²) in [6, 6.07) is 8.20. The molecular weight excluding hydrogens is 446 g/mol. The minimum absolute atomic E-state index is 0.133. The topological polar surface area (TPSA) is 73.1 Å². The molecule has 1 atom stereocenters. The fourth-order valence-corrected chi connectivity index (χ4v) is 6.00. The first-order valence-corrected chi connectivity index (χ1v) is 12.6. The van der Waals surface area contributed by atoms with Gasteiger partial charge in [-0.25, -0.2) is 9.97 Å². The molecule has 4 aromatic rings. The molecule has 7 nitrogen and oxygen atoms in total. The van der Waals surface area contributed by atoms with Crippen molar-refractivity contribution in [3.63, 3.8) is 0 Å². The van der Waals surface area contributed by atoms with Crippen LogP contribution < -0.4 is 0 Å². The van der Waals surface area contributed by atoms with Crippen molar-refractivity contribution in [2.45, 2.75) is 45.2 Å². The number of hydrogen-bond acceptors (Lipinski definition) is 6. The van der Waals surface area contributed by atoms with E-state index in [1.165, 1.54) is 0 Å². The van der Waals surface area contributed by atoms with E-state index in [4.69, 9.17) is 14.7 Å². The number of rotatable bonds is 3. The van der Waals surface area contributed by atoms with Gasteiger partial charge in [0.15, 0.2) is 0 Å².